The lowest BCUT2D eigenvalue weighted by molar-refractivity contribution is 0.554. The summed E-state index contributed by atoms with van der Waals surface area (Å²) in [4.78, 5) is 12.1. The number of oxazole rings is 1. The summed E-state index contributed by atoms with van der Waals surface area (Å²) in [6, 6.07) is 4.22. The van der Waals surface area contributed by atoms with Gasteiger partial charge in [0.2, 0.25) is 0 Å². The number of aromatic nitrogens is 3. The van der Waals surface area contributed by atoms with Crippen LogP contribution in [0.15, 0.2) is 29.1 Å². The summed E-state index contributed by atoms with van der Waals surface area (Å²) in [5.41, 5.74) is 4.98. The summed E-state index contributed by atoms with van der Waals surface area (Å²) in [6.07, 6.45) is 4.27. The van der Waals surface area contributed by atoms with Gasteiger partial charge in [0.15, 0.2) is 12.0 Å². The van der Waals surface area contributed by atoms with E-state index in [1.54, 1.807) is 0 Å². The first-order valence-corrected chi connectivity index (χ1v) is 6.91. The molecule has 4 heteroatoms. The first-order valence-electron chi connectivity index (χ1n) is 6.91. The largest absolute Gasteiger partial charge is 0.443 e. The normalized spacial score (nSPS) is 12.2. The van der Waals surface area contributed by atoms with E-state index in [0.29, 0.717) is 0 Å². The van der Waals surface area contributed by atoms with E-state index in [1.165, 1.54) is 12.0 Å². The number of nitrogens with one attached hydrogen (secondary N) is 1. The Morgan fingerprint density at radius 2 is 2.05 bits per heavy atom. The molecular formula is C16H21N3O. The minimum atomic E-state index is 0. The summed E-state index contributed by atoms with van der Waals surface area (Å²) in [5.74, 6) is 0.983. The molecule has 0 radical (unpaired) electrons. The van der Waals surface area contributed by atoms with E-state index in [1.807, 2.05) is 6.20 Å². The van der Waals surface area contributed by atoms with Crippen molar-refractivity contribution in [2.45, 2.75) is 39.5 Å². The lowest BCUT2D eigenvalue weighted by atomic mass is 9.85. The molecule has 0 amide bonds. The maximum absolute atomic E-state index is 5.63. The molecule has 106 valence electrons. The zero-order valence-corrected chi connectivity index (χ0v) is 12.3. The Labute approximate surface area is 119 Å². The van der Waals surface area contributed by atoms with Crippen molar-refractivity contribution < 1.29 is 5.84 Å². The van der Waals surface area contributed by atoms with Gasteiger partial charge in [0.1, 0.15) is 11.3 Å². The molecule has 0 saturated carbocycles. The number of hydrogen-bond donors (Lipinski definition) is 1. The number of aryl methyl sites for hydroxylation is 1. The molecule has 0 spiro atoms. The fourth-order valence-corrected chi connectivity index (χ4v) is 2.44. The van der Waals surface area contributed by atoms with E-state index in [0.717, 1.165) is 34.6 Å². The van der Waals surface area contributed by atoms with Crippen LogP contribution in [0.1, 0.15) is 40.5 Å². The van der Waals surface area contributed by atoms with E-state index < -0.39 is 0 Å². The van der Waals surface area contributed by atoms with Gasteiger partial charge in [0, 0.05) is 19.0 Å². The lowest BCUT2D eigenvalue weighted by Crippen LogP contribution is -2.11. The van der Waals surface area contributed by atoms with Gasteiger partial charge in [-0.25, -0.2) is 9.97 Å². The van der Waals surface area contributed by atoms with Gasteiger partial charge in [-0.15, -0.1) is 0 Å². The second-order valence-electron chi connectivity index (χ2n) is 6.04. The molecule has 1 aromatic carbocycles. The SMILES string of the molecule is CCc1ncc(-c2ccc(C(C)(C)C)c3ocnc23)[nH]1.[HH]. The van der Waals surface area contributed by atoms with Gasteiger partial charge in [-0.2, -0.15) is 0 Å². The monoisotopic (exact) mass is 271 g/mol. The van der Waals surface area contributed by atoms with E-state index in [-0.39, 0.29) is 6.84 Å². The quantitative estimate of drug-likeness (QED) is 0.755. The van der Waals surface area contributed by atoms with Crippen molar-refractivity contribution in [3.05, 3.63) is 36.1 Å². The highest BCUT2D eigenvalue weighted by molar-refractivity contribution is 5.91. The van der Waals surface area contributed by atoms with Crippen molar-refractivity contribution >= 4 is 11.1 Å². The highest BCUT2D eigenvalue weighted by atomic mass is 16.3. The molecule has 1 N–H and O–H groups in total. The zero-order valence-electron chi connectivity index (χ0n) is 12.3. The number of imidazole rings is 1. The molecular weight excluding hydrogens is 250 g/mol. The third kappa shape index (κ3) is 2.01. The summed E-state index contributed by atoms with van der Waals surface area (Å²) in [5, 5.41) is 0. The van der Waals surface area contributed by atoms with Crippen LogP contribution >= 0.6 is 0 Å². The van der Waals surface area contributed by atoms with Crippen LogP contribution in [-0.2, 0) is 11.8 Å². The second kappa shape index (κ2) is 4.47. The summed E-state index contributed by atoms with van der Waals surface area (Å²) >= 11 is 0. The Morgan fingerprint density at radius 3 is 2.70 bits per heavy atom. The topological polar surface area (TPSA) is 54.7 Å². The molecule has 3 aromatic rings. The molecule has 20 heavy (non-hydrogen) atoms. The Bertz CT molecular complexity index is 752. The Hall–Kier alpha value is -2.10. The first kappa shape index (κ1) is 12.9. The molecule has 3 rings (SSSR count). The van der Waals surface area contributed by atoms with Crippen molar-refractivity contribution in [2.24, 2.45) is 0 Å². The Balaban J connectivity index is 0.00000161. The molecule has 4 nitrogen and oxygen atoms in total. The van der Waals surface area contributed by atoms with Crippen LogP contribution in [0.3, 0.4) is 0 Å². The van der Waals surface area contributed by atoms with Crippen LogP contribution < -0.4 is 0 Å². The van der Waals surface area contributed by atoms with Gasteiger partial charge in [-0.05, 0) is 5.41 Å². The average molecular weight is 271 g/mol. The summed E-state index contributed by atoms with van der Waals surface area (Å²) < 4.78 is 5.63. The number of rotatable bonds is 2. The first-order chi connectivity index (χ1) is 9.50. The lowest BCUT2D eigenvalue weighted by Gasteiger charge is -2.19. The van der Waals surface area contributed by atoms with Gasteiger partial charge in [-0.1, -0.05) is 39.8 Å². The van der Waals surface area contributed by atoms with Crippen molar-refractivity contribution in [1.29, 1.82) is 0 Å². The summed E-state index contributed by atoms with van der Waals surface area (Å²) in [6.45, 7) is 8.61. The van der Waals surface area contributed by atoms with Crippen LogP contribution in [0, 0.1) is 0 Å². The second-order valence-corrected chi connectivity index (χ2v) is 6.04. The maximum Gasteiger partial charge on any atom is 0.182 e. The molecule has 0 bridgehead atoms. The highest BCUT2D eigenvalue weighted by Gasteiger charge is 2.21. The highest BCUT2D eigenvalue weighted by Crippen LogP contribution is 2.34. The number of nitrogens with zero attached hydrogens (tertiary/aromatic N) is 2. The molecule has 0 aliphatic rings. The van der Waals surface area contributed by atoms with Crippen molar-refractivity contribution in [3.63, 3.8) is 0 Å². The Kier molecular flexibility index (Phi) is 2.89. The number of H-pyrrole nitrogens is 1. The molecule has 2 aromatic heterocycles. The molecule has 0 aliphatic heterocycles. The molecule has 0 atom stereocenters. The van der Waals surface area contributed by atoms with Crippen molar-refractivity contribution in [3.8, 4) is 11.3 Å². The van der Waals surface area contributed by atoms with Gasteiger partial charge in [0.25, 0.3) is 0 Å². The van der Waals surface area contributed by atoms with Crippen LogP contribution in [0.4, 0.5) is 0 Å². The number of hydrogen-bond acceptors (Lipinski definition) is 3. The number of aromatic amines is 1. The van der Waals surface area contributed by atoms with E-state index in [2.05, 4.69) is 54.8 Å². The standard InChI is InChI=1S/C16H19N3O.H2/c1-5-13-17-8-12(19-13)10-6-7-11(16(2,3)4)15-14(10)18-9-20-15;/h6-9H,5H2,1-4H3,(H,17,19);1H. The van der Waals surface area contributed by atoms with Crippen molar-refractivity contribution in [1.82, 2.24) is 15.0 Å². The van der Waals surface area contributed by atoms with Crippen LogP contribution in [0.2, 0.25) is 0 Å². The zero-order chi connectivity index (χ0) is 14.3. The smallest absolute Gasteiger partial charge is 0.182 e. The van der Waals surface area contributed by atoms with Gasteiger partial charge in [0.05, 0.1) is 11.9 Å². The number of benzene rings is 1. The van der Waals surface area contributed by atoms with Crippen LogP contribution in [-0.4, -0.2) is 15.0 Å². The predicted molar refractivity (Wildman–Crippen MR) is 81.8 cm³/mol. The fourth-order valence-electron chi connectivity index (χ4n) is 2.44. The minimum Gasteiger partial charge on any atom is -0.443 e. The van der Waals surface area contributed by atoms with Gasteiger partial charge >= 0.3 is 0 Å². The molecule has 0 aliphatic carbocycles. The molecule has 0 fully saturated rings. The van der Waals surface area contributed by atoms with E-state index >= 15 is 0 Å². The summed E-state index contributed by atoms with van der Waals surface area (Å²) in [7, 11) is 0. The van der Waals surface area contributed by atoms with Crippen molar-refractivity contribution in [2.75, 3.05) is 0 Å². The minimum absolute atomic E-state index is 0. The third-order valence-corrected chi connectivity index (χ3v) is 3.55. The molecule has 0 unspecified atom stereocenters. The molecule has 0 saturated heterocycles. The van der Waals surface area contributed by atoms with E-state index in [9.17, 15) is 0 Å². The van der Waals surface area contributed by atoms with Crippen LogP contribution in [0.25, 0.3) is 22.4 Å². The third-order valence-electron chi connectivity index (χ3n) is 3.55. The fraction of sp³-hybridized carbons (Fsp3) is 0.375. The van der Waals surface area contributed by atoms with Gasteiger partial charge < -0.3 is 9.40 Å². The molecule has 2 heterocycles. The van der Waals surface area contributed by atoms with Crippen LogP contribution in [0.5, 0.6) is 0 Å². The Morgan fingerprint density at radius 1 is 1.25 bits per heavy atom. The number of fused-ring (bicyclic) bond motifs is 1. The predicted octanol–water partition coefficient (Wildman–Crippen LogP) is 4.32. The van der Waals surface area contributed by atoms with Gasteiger partial charge in [-0.3, -0.25) is 0 Å². The average Bonchev–Trinajstić information content (AvgIpc) is 3.05. The maximum atomic E-state index is 5.63. The van der Waals surface area contributed by atoms with E-state index in [4.69, 9.17) is 4.42 Å².